The molecule has 22 heavy (non-hydrogen) atoms. The van der Waals surface area contributed by atoms with Crippen LogP contribution < -0.4 is 21.7 Å². The van der Waals surface area contributed by atoms with Crippen LogP contribution in [0.15, 0.2) is 29.2 Å². The lowest BCUT2D eigenvalue weighted by Crippen LogP contribution is -2.49. The molecule has 0 aliphatic carbocycles. The third-order valence-corrected chi connectivity index (χ3v) is 4.28. The van der Waals surface area contributed by atoms with Crippen molar-refractivity contribution in [2.24, 2.45) is 10.9 Å². The number of nitrogens with zero attached hydrogens (tertiary/aromatic N) is 1. The van der Waals surface area contributed by atoms with Gasteiger partial charge in [0.2, 0.25) is 10.0 Å². The summed E-state index contributed by atoms with van der Waals surface area (Å²) in [4.78, 5) is 24.5. The third kappa shape index (κ3) is 3.65. The van der Waals surface area contributed by atoms with Crippen LogP contribution in [-0.4, -0.2) is 37.8 Å². The highest BCUT2D eigenvalue weighted by atomic mass is 32.2. The fourth-order valence-electron chi connectivity index (χ4n) is 2.25. The zero-order valence-corrected chi connectivity index (χ0v) is 12.5. The van der Waals surface area contributed by atoms with Gasteiger partial charge in [0, 0.05) is 6.54 Å². The van der Waals surface area contributed by atoms with Gasteiger partial charge in [-0.1, -0.05) is 0 Å². The van der Waals surface area contributed by atoms with E-state index in [1.807, 2.05) is 0 Å². The van der Waals surface area contributed by atoms with Gasteiger partial charge in [-0.3, -0.25) is 15.6 Å². The zero-order chi connectivity index (χ0) is 16.3. The first kappa shape index (κ1) is 16.0. The Bertz CT molecular complexity index is 673. The number of rotatable bonds is 4. The van der Waals surface area contributed by atoms with Gasteiger partial charge >= 0.3 is 6.03 Å². The molecule has 1 heterocycles. The Morgan fingerprint density at radius 3 is 2.41 bits per heavy atom. The van der Waals surface area contributed by atoms with Crippen molar-refractivity contribution in [1.82, 2.24) is 10.3 Å². The van der Waals surface area contributed by atoms with E-state index in [0.717, 1.165) is 0 Å². The van der Waals surface area contributed by atoms with E-state index < -0.39 is 22.1 Å². The van der Waals surface area contributed by atoms with E-state index in [9.17, 15) is 18.0 Å². The van der Waals surface area contributed by atoms with Crippen LogP contribution in [0, 0.1) is 0 Å². The summed E-state index contributed by atoms with van der Waals surface area (Å²) in [6, 6.07) is 4.31. The Labute approximate surface area is 127 Å². The van der Waals surface area contributed by atoms with Gasteiger partial charge in [-0.2, -0.15) is 0 Å². The molecule has 0 radical (unpaired) electrons. The molecule has 1 aromatic carbocycles. The molecular weight excluding hydrogens is 310 g/mol. The quantitative estimate of drug-likeness (QED) is 0.541. The Kier molecular flexibility index (Phi) is 4.52. The Morgan fingerprint density at radius 2 is 1.86 bits per heavy atom. The summed E-state index contributed by atoms with van der Waals surface area (Å²) < 4.78 is 22.2. The minimum absolute atomic E-state index is 0.0277. The van der Waals surface area contributed by atoms with Crippen LogP contribution in [0.3, 0.4) is 0 Å². The number of nitrogens with two attached hydrogens (primary N) is 2. The Morgan fingerprint density at radius 1 is 1.23 bits per heavy atom. The first-order valence-electron chi connectivity index (χ1n) is 6.54. The minimum Gasteiger partial charge on any atom is -0.351 e. The number of likely N-dealkylation sites (tertiary alicyclic amines) is 1. The lowest BCUT2D eigenvalue weighted by molar-refractivity contribution is -0.124. The molecule has 1 fully saturated rings. The van der Waals surface area contributed by atoms with E-state index in [0.29, 0.717) is 25.1 Å². The van der Waals surface area contributed by atoms with Gasteiger partial charge < -0.3 is 10.6 Å². The molecule has 0 bridgehead atoms. The molecule has 120 valence electrons. The van der Waals surface area contributed by atoms with Crippen molar-refractivity contribution >= 4 is 27.6 Å². The summed E-state index contributed by atoms with van der Waals surface area (Å²) in [5, 5.41) is 4.99. The molecule has 1 unspecified atom stereocenters. The molecule has 1 atom stereocenters. The lowest BCUT2D eigenvalue weighted by Gasteiger charge is -2.22. The van der Waals surface area contributed by atoms with Crippen molar-refractivity contribution < 1.29 is 18.0 Å². The molecule has 6 N–H and O–H groups in total. The number of benzene rings is 1. The standard InChI is InChI=1S/C12H17N5O4S/c13-12(19)17-7-1-2-10(17)11(18)16-15-8-3-5-9(6-4-8)22(14,20)21/h3-6,10,15H,1-2,7H2,(H2,13,19)(H,16,18)(H2,14,20,21). The van der Waals surface area contributed by atoms with Crippen LogP contribution in [0.1, 0.15) is 12.8 Å². The predicted octanol–water partition coefficient (Wildman–Crippen LogP) is -0.680. The van der Waals surface area contributed by atoms with Gasteiger partial charge in [-0.25, -0.2) is 18.4 Å². The van der Waals surface area contributed by atoms with Crippen molar-refractivity contribution in [3.8, 4) is 0 Å². The molecule has 1 aromatic rings. The predicted molar refractivity (Wildman–Crippen MR) is 78.9 cm³/mol. The monoisotopic (exact) mass is 327 g/mol. The first-order chi connectivity index (χ1) is 10.3. The molecule has 0 aromatic heterocycles. The van der Waals surface area contributed by atoms with E-state index in [4.69, 9.17) is 10.9 Å². The van der Waals surface area contributed by atoms with Crippen LogP contribution >= 0.6 is 0 Å². The fraction of sp³-hybridized carbons (Fsp3) is 0.333. The number of hydrazine groups is 1. The average Bonchev–Trinajstić information content (AvgIpc) is 2.94. The number of hydrogen-bond donors (Lipinski definition) is 4. The van der Waals surface area contributed by atoms with Gasteiger partial charge in [0.15, 0.2) is 0 Å². The van der Waals surface area contributed by atoms with Crippen LogP contribution in [0.4, 0.5) is 10.5 Å². The fourth-order valence-corrected chi connectivity index (χ4v) is 2.76. The normalized spacial score (nSPS) is 18.0. The molecule has 1 saturated heterocycles. The van der Waals surface area contributed by atoms with E-state index in [-0.39, 0.29) is 10.8 Å². The second-order valence-electron chi connectivity index (χ2n) is 4.87. The molecule has 10 heteroatoms. The summed E-state index contributed by atoms with van der Waals surface area (Å²) in [5.41, 5.74) is 10.8. The number of hydrogen-bond acceptors (Lipinski definition) is 5. The summed E-state index contributed by atoms with van der Waals surface area (Å²) in [6.45, 7) is 0.455. The van der Waals surface area contributed by atoms with Crippen LogP contribution in [0.2, 0.25) is 0 Å². The summed E-state index contributed by atoms with van der Waals surface area (Å²) >= 11 is 0. The highest BCUT2D eigenvalue weighted by molar-refractivity contribution is 7.89. The summed E-state index contributed by atoms with van der Waals surface area (Å²) in [7, 11) is -3.75. The van der Waals surface area contributed by atoms with Crippen LogP contribution in [-0.2, 0) is 14.8 Å². The van der Waals surface area contributed by atoms with Crippen molar-refractivity contribution in [2.75, 3.05) is 12.0 Å². The van der Waals surface area contributed by atoms with Crippen molar-refractivity contribution in [3.63, 3.8) is 0 Å². The maximum atomic E-state index is 12.0. The van der Waals surface area contributed by atoms with Crippen molar-refractivity contribution in [3.05, 3.63) is 24.3 Å². The van der Waals surface area contributed by atoms with Crippen LogP contribution in [0.5, 0.6) is 0 Å². The maximum Gasteiger partial charge on any atom is 0.315 e. The highest BCUT2D eigenvalue weighted by Crippen LogP contribution is 2.17. The number of amides is 3. The summed E-state index contributed by atoms with van der Waals surface area (Å²) in [5.74, 6) is -0.383. The molecular formula is C12H17N5O4S. The van der Waals surface area contributed by atoms with E-state index in [1.54, 1.807) is 0 Å². The smallest absolute Gasteiger partial charge is 0.315 e. The van der Waals surface area contributed by atoms with Crippen LogP contribution in [0.25, 0.3) is 0 Å². The topological polar surface area (TPSA) is 148 Å². The number of primary amides is 1. The second-order valence-corrected chi connectivity index (χ2v) is 6.43. The molecule has 0 saturated carbocycles. The van der Waals surface area contributed by atoms with Gasteiger partial charge in [0.05, 0.1) is 10.6 Å². The number of carbonyl (C=O) groups excluding carboxylic acids is 2. The highest BCUT2D eigenvalue weighted by Gasteiger charge is 2.32. The molecule has 9 nitrogen and oxygen atoms in total. The molecule has 0 spiro atoms. The number of primary sulfonamides is 1. The molecule has 2 rings (SSSR count). The number of anilines is 1. The van der Waals surface area contributed by atoms with Crippen molar-refractivity contribution in [2.45, 2.75) is 23.8 Å². The lowest BCUT2D eigenvalue weighted by atomic mass is 10.2. The van der Waals surface area contributed by atoms with E-state index in [1.165, 1.54) is 29.2 Å². The average molecular weight is 327 g/mol. The van der Waals surface area contributed by atoms with Gasteiger partial charge in [-0.15, -0.1) is 0 Å². The second kappa shape index (κ2) is 6.20. The minimum atomic E-state index is -3.75. The largest absolute Gasteiger partial charge is 0.351 e. The number of nitrogens with one attached hydrogen (secondary N) is 2. The molecule has 3 amide bonds. The van der Waals surface area contributed by atoms with E-state index >= 15 is 0 Å². The number of sulfonamides is 1. The Balaban J connectivity index is 1.95. The maximum absolute atomic E-state index is 12.0. The number of urea groups is 1. The zero-order valence-electron chi connectivity index (χ0n) is 11.7. The first-order valence-corrected chi connectivity index (χ1v) is 8.08. The number of carbonyl (C=O) groups is 2. The third-order valence-electron chi connectivity index (χ3n) is 3.35. The van der Waals surface area contributed by atoms with Gasteiger partial charge in [0.1, 0.15) is 6.04 Å². The van der Waals surface area contributed by atoms with Crippen molar-refractivity contribution in [1.29, 1.82) is 0 Å². The van der Waals surface area contributed by atoms with Gasteiger partial charge in [-0.05, 0) is 37.1 Å². The Hall–Kier alpha value is -2.33. The molecule has 1 aliphatic heterocycles. The molecule has 1 aliphatic rings. The SMILES string of the molecule is NC(=O)N1CCCC1C(=O)NNc1ccc(S(N)(=O)=O)cc1. The summed E-state index contributed by atoms with van der Waals surface area (Å²) in [6.07, 6.45) is 1.25. The van der Waals surface area contributed by atoms with Gasteiger partial charge in [0.25, 0.3) is 5.91 Å². The van der Waals surface area contributed by atoms with E-state index in [2.05, 4.69) is 10.9 Å².